The fourth-order valence-corrected chi connectivity index (χ4v) is 1.71. The number of hydrogen-bond acceptors (Lipinski definition) is 1. The van der Waals surface area contributed by atoms with E-state index in [9.17, 15) is 13.2 Å². The molecule has 1 aliphatic carbocycles. The lowest BCUT2D eigenvalue weighted by atomic mass is 10.0. The average Bonchev–Trinajstić information content (AvgIpc) is 2.98. The van der Waals surface area contributed by atoms with E-state index in [1.54, 1.807) is 0 Å². The predicted octanol–water partition coefficient (Wildman–Crippen LogP) is 3.08. The number of hydrogen-bond donors (Lipinski definition) is 1. The second-order valence-electron chi connectivity index (χ2n) is 3.84. The van der Waals surface area contributed by atoms with Crippen LogP contribution in [0.1, 0.15) is 35.4 Å². The van der Waals surface area contributed by atoms with E-state index in [0.717, 1.165) is 30.5 Å². The molecular formula is C11H11F3O. The fraction of sp³-hybridized carbons (Fsp3) is 0.455. The van der Waals surface area contributed by atoms with Crippen molar-refractivity contribution in [2.75, 3.05) is 0 Å². The molecule has 0 aromatic heterocycles. The van der Waals surface area contributed by atoms with E-state index < -0.39 is 11.7 Å². The van der Waals surface area contributed by atoms with E-state index in [-0.39, 0.29) is 6.61 Å². The smallest absolute Gasteiger partial charge is 0.392 e. The third-order valence-corrected chi connectivity index (χ3v) is 2.66. The molecule has 1 saturated carbocycles. The van der Waals surface area contributed by atoms with Gasteiger partial charge in [-0.3, -0.25) is 0 Å². The van der Waals surface area contributed by atoms with Crippen molar-refractivity contribution >= 4 is 0 Å². The van der Waals surface area contributed by atoms with Crippen LogP contribution in [0.15, 0.2) is 18.2 Å². The minimum Gasteiger partial charge on any atom is -0.392 e. The molecule has 2 rings (SSSR count). The van der Waals surface area contributed by atoms with Gasteiger partial charge in [-0.25, -0.2) is 0 Å². The molecule has 1 N–H and O–H groups in total. The van der Waals surface area contributed by atoms with E-state index in [1.807, 2.05) is 0 Å². The van der Waals surface area contributed by atoms with Gasteiger partial charge in [0.15, 0.2) is 0 Å². The summed E-state index contributed by atoms with van der Waals surface area (Å²) in [5, 5.41) is 9.02. The molecular weight excluding hydrogens is 205 g/mol. The molecule has 1 aromatic carbocycles. The van der Waals surface area contributed by atoms with E-state index in [1.165, 1.54) is 6.07 Å². The molecule has 0 radical (unpaired) electrons. The number of halogens is 3. The first-order valence-electron chi connectivity index (χ1n) is 4.83. The number of benzene rings is 1. The van der Waals surface area contributed by atoms with Gasteiger partial charge in [0, 0.05) is 0 Å². The lowest BCUT2D eigenvalue weighted by molar-refractivity contribution is -0.137. The highest BCUT2D eigenvalue weighted by Crippen LogP contribution is 2.43. The number of aliphatic hydroxyl groups is 1. The molecule has 1 fully saturated rings. The first kappa shape index (κ1) is 10.5. The Morgan fingerprint density at radius 1 is 1.27 bits per heavy atom. The minimum atomic E-state index is -4.33. The van der Waals surface area contributed by atoms with Crippen molar-refractivity contribution in [3.8, 4) is 0 Å². The van der Waals surface area contributed by atoms with Crippen molar-refractivity contribution in [1.82, 2.24) is 0 Å². The standard InChI is InChI=1S/C11H11F3O/c12-11(13,14)9-3-4-10(7-1-2-7)8(5-9)6-15/h3-5,7,15H,1-2,6H2. The van der Waals surface area contributed by atoms with Gasteiger partial charge in [-0.1, -0.05) is 6.07 Å². The number of rotatable bonds is 2. The Hall–Kier alpha value is -1.03. The summed E-state index contributed by atoms with van der Waals surface area (Å²) < 4.78 is 37.1. The molecule has 0 spiro atoms. The van der Waals surface area contributed by atoms with Crippen molar-refractivity contribution in [3.05, 3.63) is 34.9 Å². The summed E-state index contributed by atoms with van der Waals surface area (Å²) in [7, 11) is 0. The molecule has 0 unspecified atom stereocenters. The van der Waals surface area contributed by atoms with Gasteiger partial charge >= 0.3 is 6.18 Å². The molecule has 82 valence electrons. The maximum atomic E-state index is 12.4. The van der Waals surface area contributed by atoms with Crippen molar-refractivity contribution in [1.29, 1.82) is 0 Å². The predicted molar refractivity (Wildman–Crippen MR) is 49.3 cm³/mol. The zero-order chi connectivity index (χ0) is 11.1. The van der Waals surface area contributed by atoms with Crippen LogP contribution in [-0.4, -0.2) is 5.11 Å². The maximum Gasteiger partial charge on any atom is 0.416 e. The molecule has 0 heterocycles. The topological polar surface area (TPSA) is 20.2 Å². The minimum absolute atomic E-state index is 0.324. The summed E-state index contributed by atoms with van der Waals surface area (Å²) in [6.07, 6.45) is -2.30. The highest BCUT2D eigenvalue weighted by atomic mass is 19.4. The van der Waals surface area contributed by atoms with Gasteiger partial charge in [0.05, 0.1) is 12.2 Å². The Balaban J connectivity index is 2.38. The summed E-state index contributed by atoms with van der Waals surface area (Å²) >= 11 is 0. The summed E-state index contributed by atoms with van der Waals surface area (Å²) in [6, 6.07) is 3.63. The average molecular weight is 216 g/mol. The van der Waals surface area contributed by atoms with Crippen LogP contribution < -0.4 is 0 Å². The van der Waals surface area contributed by atoms with Gasteiger partial charge in [-0.2, -0.15) is 13.2 Å². The van der Waals surface area contributed by atoms with Gasteiger partial charge < -0.3 is 5.11 Å². The largest absolute Gasteiger partial charge is 0.416 e. The molecule has 4 heteroatoms. The number of aliphatic hydroxyl groups excluding tert-OH is 1. The van der Waals surface area contributed by atoms with Crippen molar-refractivity contribution in [3.63, 3.8) is 0 Å². The van der Waals surface area contributed by atoms with E-state index in [0.29, 0.717) is 11.5 Å². The molecule has 0 saturated heterocycles. The van der Waals surface area contributed by atoms with Crippen molar-refractivity contribution < 1.29 is 18.3 Å². The second kappa shape index (κ2) is 3.52. The molecule has 1 nitrogen and oxygen atoms in total. The van der Waals surface area contributed by atoms with Gasteiger partial charge in [-0.05, 0) is 42.0 Å². The van der Waals surface area contributed by atoms with E-state index >= 15 is 0 Å². The lowest BCUT2D eigenvalue weighted by Gasteiger charge is -2.11. The number of alkyl halides is 3. The highest BCUT2D eigenvalue weighted by Gasteiger charge is 2.32. The first-order valence-corrected chi connectivity index (χ1v) is 4.83. The SMILES string of the molecule is OCc1cc(C(F)(F)F)ccc1C1CC1. The Morgan fingerprint density at radius 3 is 2.40 bits per heavy atom. The molecule has 0 amide bonds. The van der Waals surface area contributed by atoms with Crippen LogP contribution in [0.5, 0.6) is 0 Å². The Kier molecular flexibility index (Phi) is 2.46. The summed E-state index contributed by atoms with van der Waals surface area (Å²) in [4.78, 5) is 0. The van der Waals surface area contributed by atoms with Crippen LogP contribution in [0.4, 0.5) is 13.2 Å². The highest BCUT2D eigenvalue weighted by molar-refractivity contribution is 5.37. The summed E-state index contributed by atoms with van der Waals surface area (Å²) in [5.74, 6) is 0.356. The van der Waals surface area contributed by atoms with Crippen LogP contribution in [0.3, 0.4) is 0 Å². The van der Waals surface area contributed by atoms with Crippen LogP contribution in [0, 0.1) is 0 Å². The zero-order valence-electron chi connectivity index (χ0n) is 8.01. The molecule has 0 bridgehead atoms. The van der Waals surface area contributed by atoms with Crippen molar-refractivity contribution in [2.45, 2.75) is 31.5 Å². The molecule has 1 aromatic rings. The van der Waals surface area contributed by atoms with Gasteiger partial charge in [-0.15, -0.1) is 0 Å². The monoisotopic (exact) mass is 216 g/mol. The normalized spacial score (nSPS) is 16.8. The third-order valence-electron chi connectivity index (χ3n) is 2.66. The quantitative estimate of drug-likeness (QED) is 0.805. The van der Waals surface area contributed by atoms with Gasteiger partial charge in [0.2, 0.25) is 0 Å². The molecule has 15 heavy (non-hydrogen) atoms. The fourth-order valence-electron chi connectivity index (χ4n) is 1.71. The summed E-state index contributed by atoms with van der Waals surface area (Å²) in [6.45, 7) is -0.324. The second-order valence-corrected chi connectivity index (χ2v) is 3.84. The first-order chi connectivity index (χ1) is 7.02. The third kappa shape index (κ3) is 2.15. The van der Waals surface area contributed by atoms with Gasteiger partial charge in [0.25, 0.3) is 0 Å². The van der Waals surface area contributed by atoms with Crippen molar-refractivity contribution in [2.24, 2.45) is 0 Å². The summed E-state index contributed by atoms with van der Waals surface area (Å²) in [5.41, 5.74) is 0.591. The Bertz CT molecular complexity index is 367. The molecule has 1 aliphatic rings. The Labute approximate surface area is 85.5 Å². The van der Waals surface area contributed by atoms with Crippen LogP contribution in [0.2, 0.25) is 0 Å². The van der Waals surface area contributed by atoms with E-state index in [2.05, 4.69) is 0 Å². The van der Waals surface area contributed by atoms with E-state index in [4.69, 9.17) is 5.11 Å². The van der Waals surface area contributed by atoms with Crippen LogP contribution in [0.25, 0.3) is 0 Å². The maximum absolute atomic E-state index is 12.4. The molecule has 0 aliphatic heterocycles. The Morgan fingerprint density at radius 2 is 1.93 bits per heavy atom. The van der Waals surface area contributed by atoms with Gasteiger partial charge in [0.1, 0.15) is 0 Å². The lowest BCUT2D eigenvalue weighted by Crippen LogP contribution is -2.06. The molecule has 0 atom stereocenters. The van der Waals surface area contributed by atoms with Crippen LogP contribution in [-0.2, 0) is 12.8 Å². The zero-order valence-corrected chi connectivity index (χ0v) is 8.01. The van der Waals surface area contributed by atoms with Crippen LogP contribution >= 0.6 is 0 Å².